The van der Waals surface area contributed by atoms with Crippen molar-refractivity contribution in [2.45, 2.75) is 45.8 Å². The molecule has 1 rings (SSSR count). The third-order valence-corrected chi connectivity index (χ3v) is 1.57. The van der Waals surface area contributed by atoms with Crippen LogP contribution in [-0.4, -0.2) is 10.7 Å². The quantitative estimate of drug-likeness (QED) is 0.775. The minimum Gasteiger partial charge on any atom is -0.391 e. The molecule has 16 heavy (non-hydrogen) atoms. The van der Waals surface area contributed by atoms with E-state index < -0.39 is 11.1 Å². The van der Waals surface area contributed by atoms with E-state index in [1.807, 2.05) is 0 Å². The first-order valence-corrected chi connectivity index (χ1v) is 5.28. The molecule has 0 saturated heterocycles. The van der Waals surface area contributed by atoms with Crippen molar-refractivity contribution in [2.75, 3.05) is 0 Å². The fraction of sp³-hybridized carbons (Fsp3) is 0.538. The molecule has 0 saturated carbocycles. The Balaban J connectivity index is 0.000000385. The molecule has 0 fully saturated rings. The minimum atomic E-state index is -0.592. The monoisotopic (exact) mass is 227 g/mol. The highest BCUT2D eigenvalue weighted by Crippen LogP contribution is 2.19. The average molecular weight is 227 g/mol. The summed E-state index contributed by atoms with van der Waals surface area (Å²) in [5, 5.41) is 8.52. The second kappa shape index (κ2) is 5.41. The summed E-state index contributed by atoms with van der Waals surface area (Å²) in [7, 11) is 0. The molecule has 3 heteroatoms. The summed E-state index contributed by atoms with van der Waals surface area (Å²) in [6.07, 6.45) is 0. The van der Waals surface area contributed by atoms with Crippen molar-refractivity contribution in [3.05, 3.63) is 35.6 Å². The number of rotatable bonds is 1. The van der Waals surface area contributed by atoms with Gasteiger partial charge in [-0.25, -0.2) is 4.39 Å². The second-order valence-corrected chi connectivity index (χ2v) is 5.37. The molecule has 0 atom stereocenters. The molecule has 1 aromatic rings. The van der Waals surface area contributed by atoms with Gasteiger partial charge >= 0.3 is 0 Å². The molecule has 0 heterocycles. The molecule has 0 bridgehead atoms. The van der Waals surface area contributed by atoms with Crippen LogP contribution in [0.2, 0.25) is 0 Å². The molecule has 0 aliphatic rings. The zero-order valence-electron chi connectivity index (χ0n) is 10.7. The Bertz CT molecular complexity index is 317. The summed E-state index contributed by atoms with van der Waals surface area (Å²) in [6, 6.07) is 6.57. The van der Waals surface area contributed by atoms with Crippen LogP contribution in [0.4, 0.5) is 4.39 Å². The highest BCUT2D eigenvalue weighted by molar-refractivity contribution is 5.23. The maximum atomic E-state index is 13.0. The van der Waals surface area contributed by atoms with Crippen molar-refractivity contribution in [1.82, 2.24) is 0 Å². The Morgan fingerprint density at radius 2 is 1.44 bits per heavy atom. The molecule has 3 N–H and O–H groups in total. The third-order valence-electron chi connectivity index (χ3n) is 1.57. The molecule has 0 unspecified atom stereocenters. The fourth-order valence-corrected chi connectivity index (χ4v) is 0.984. The van der Waals surface area contributed by atoms with E-state index in [9.17, 15) is 4.39 Å². The smallest absolute Gasteiger partial charge is 0.128 e. The summed E-state index contributed by atoms with van der Waals surface area (Å²) in [5.74, 6) is -0.236. The van der Waals surface area contributed by atoms with Crippen LogP contribution in [0.5, 0.6) is 0 Å². The van der Waals surface area contributed by atoms with Crippen LogP contribution in [-0.2, 0) is 5.54 Å². The SMILES string of the molecule is CC(C)(C)O.CC(C)(N)c1ccccc1F. The van der Waals surface area contributed by atoms with Crippen LogP contribution in [0.1, 0.15) is 40.2 Å². The van der Waals surface area contributed by atoms with Gasteiger partial charge in [0, 0.05) is 11.1 Å². The van der Waals surface area contributed by atoms with E-state index in [2.05, 4.69) is 0 Å². The van der Waals surface area contributed by atoms with E-state index in [0.717, 1.165) is 0 Å². The van der Waals surface area contributed by atoms with Crippen LogP contribution in [0.25, 0.3) is 0 Å². The zero-order chi connectivity index (χ0) is 13.0. The van der Waals surface area contributed by atoms with E-state index >= 15 is 0 Å². The van der Waals surface area contributed by atoms with Crippen molar-refractivity contribution in [3.8, 4) is 0 Å². The predicted octanol–water partition coefficient (Wildman–Crippen LogP) is 2.80. The minimum absolute atomic E-state index is 0.236. The Kier molecular flexibility index (Phi) is 5.10. The molecule has 0 aromatic heterocycles. The second-order valence-electron chi connectivity index (χ2n) is 5.37. The summed E-state index contributed by atoms with van der Waals surface area (Å²) < 4.78 is 13.0. The molecule has 0 aliphatic carbocycles. The van der Waals surface area contributed by atoms with Crippen molar-refractivity contribution in [3.63, 3.8) is 0 Å². The highest BCUT2D eigenvalue weighted by atomic mass is 19.1. The number of aliphatic hydroxyl groups is 1. The van der Waals surface area contributed by atoms with E-state index in [1.54, 1.807) is 52.8 Å². The van der Waals surface area contributed by atoms with Gasteiger partial charge in [0.05, 0.1) is 5.60 Å². The molecule has 2 nitrogen and oxygen atoms in total. The van der Waals surface area contributed by atoms with Crippen LogP contribution < -0.4 is 5.73 Å². The zero-order valence-corrected chi connectivity index (χ0v) is 10.7. The molecule has 92 valence electrons. The van der Waals surface area contributed by atoms with E-state index in [4.69, 9.17) is 10.8 Å². The Morgan fingerprint density at radius 3 is 1.69 bits per heavy atom. The molecular formula is C13H22FNO. The van der Waals surface area contributed by atoms with Crippen molar-refractivity contribution in [1.29, 1.82) is 0 Å². The van der Waals surface area contributed by atoms with Crippen molar-refractivity contribution < 1.29 is 9.50 Å². The van der Waals surface area contributed by atoms with Gasteiger partial charge < -0.3 is 10.8 Å². The summed E-state index contributed by atoms with van der Waals surface area (Å²) >= 11 is 0. The number of nitrogens with two attached hydrogens (primary N) is 1. The Labute approximate surface area is 97.3 Å². The lowest BCUT2D eigenvalue weighted by molar-refractivity contribution is 0.102. The molecule has 1 aromatic carbocycles. The molecular weight excluding hydrogens is 205 g/mol. The predicted molar refractivity (Wildman–Crippen MR) is 65.6 cm³/mol. The molecule has 0 spiro atoms. The van der Waals surface area contributed by atoms with Gasteiger partial charge in [-0.05, 0) is 40.7 Å². The summed E-state index contributed by atoms with van der Waals surface area (Å²) in [6.45, 7) is 8.80. The van der Waals surface area contributed by atoms with Gasteiger partial charge in [-0.2, -0.15) is 0 Å². The van der Waals surface area contributed by atoms with Gasteiger partial charge in [-0.15, -0.1) is 0 Å². The number of benzene rings is 1. The Hall–Kier alpha value is -0.930. The first-order valence-electron chi connectivity index (χ1n) is 5.28. The van der Waals surface area contributed by atoms with E-state index in [0.29, 0.717) is 5.56 Å². The summed E-state index contributed by atoms with van der Waals surface area (Å²) in [5.41, 5.74) is 5.18. The summed E-state index contributed by atoms with van der Waals surface area (Å²) in [4.78, 5) is 0. The maximum Gasteiger partial charge on any atom is 0.128 e. The van der Waals surface area contributed by atoms with Gasteiger partial charge in [0.2, 0.25) is 0 Å². The topological polar surface area (TPSA) is 46.2 Å². The Morgan fingerprint density at radius 1 is 1.06 bits per heavy atom. The van der Waals surface area contributed by atoms with Gasteiger partial charge in [-0.1, -0.05) is 18.2 Å². The van der Waals surface area contributed by atoms with E-state index in [-0.39, 0.29) is 5.82 Å². The van der Waals surface area contributed by atoms with Crippen LogP contribution in [0, 0.1) is 5.82 Å². The third kappa shape index (κ3) is 7.37. The molecule has 0 aliphatic heterocycles. The van der Waals surface area contributed by atoms with Gasteiger partial charge in [-0.3, -0.25) is 0 Å². The number of hydrogen-bond acceptors (Lipinski definition) is 2. The standard InChI is InChI=1S/C9H12FN.C4H10O/c1-9(2,11)7-5-3-4-6-8(7)10;1-4(2,3)5/h3-6H,11H2,1-2H3;5H,1-3H3. The first-order chi connectivity index (χ1) is 7.02. The molecule has 0 amide bonds. The highest BCUT2D eigenvalue weighted by Gasteiger charge is 2.17. The first kappa shape index (κ1) is 15.1. The number of halogens is 1. The normalized spacial score (nSPS) is 11.8. The van der Waals surface area contributed by atoms with Gasteiger partial charge in [0.15, 0.2) is 0 Å². The van der Waals surface area contributed by atoms with Crippen molar-refractivity contribution >= 4 is 0 Å². The molecule has 0 radical (unpaired) electrons. The van der Waals surface area contributed by atoms with Gasteiger partial charge in [0.25, 0.3) is 0 Å². The lowest BCUT2D eigenvalue weighted by atomic mass is 9.95. The lowest BCUT2D eigenvalue weighted by Crippen LogP contribution is -2.29. The van der Waals surface area contributed by atoms with E-state index in [1.165, 1.54) is 6.07 Å². The fourth-order valence-electron chi connectivity index (χ4n) is 0.984. The van der Waals surface area contributed by atoms with Crippen LogP contribution in [0.15, 0.2) is 24.3 Å². The maximum absolute atomic E-state index is 13.0. The average Bonchev–Trinajstić information content (AvgIpc) is 1.99. The van der Waals surface area contributed by atoms with Crippen molar-refractivity contribution in [2.24, 2.45) is 5.73 Å². The lowest BCUT2D eigenvalue weighted by Gasteiger charge is -2.19. The van der Waals surface area contributed by atoms with Crippen LogP contribution >= 0.6 is 0 Å². The van der Waals surface area contributed by atoms with Crippen LogP contribution in [0.3, 0.4) is 0 Å². The number of hydrogen-bond donors (Lipinski definition) is 2. The largest absolute Gasteiger partial charge is 0.391 e. The van der Waals surface area contributed by atoms with Gasteiger partial charge in [0.1, 0.15) is 5.82 Å².